The molecule has 4 amide bonds. The summed E-state index contributed by atoms with van der Waals surface area (Å²) >= 11 is 0. The van der Waals surface area contributed by atoms with Crippen molar-refractivity contribution in [3.63, 3.8) is 0 Å². The normalized spacial score (nSPS) is 27.6. The first-order chi connectivity index (χ1) is 15.0. The number of hydrogen-bond donors (Lipinski definition) is 2. The largest absolute Gasteiger partial charge is 0.480 e. The Morgan fingerprint density at radius 1 is 0.719 bits per heavy atom. The first-order valence-corrected chi connectivity index (χ1v) is 11.1. The zero-order valence-electron chi connectivity index (χ0n) is 18.9. The first kappa shape index (κ1) is 22.6. The van der Waals surface area contributed by atoms with E-state index < -0.39 is 36.4 Å². The Hall–Kier alpha value is -2.60. The van der Waals surface area contributed by atoms with Crippen molar-refractivity contribution < 1.29 is 29.4 Å². The minimum absolute atomic E-state index is 0.117. The molecule has 2 unspecified atom stereocenters. The molecule has 4 aliphatic rings. The number of hydrogen-bond acceptors (Lipinski definition) is 6. The Kier molecular flexibility index (Phi) is 5.70. The highest BCUT2D eigenvalue weighted by Gasteiger charge is 2.64. The smallest absolute Gasteiger partial charge is 0.325 e. The van der Waals surface area contributed by atoms with Gasteiger partial charge in [-0.05, 0) is 24.7 Å². The number of amides is 4. The molecule has 4 heterocycles. The van der Waals surface area contributed by atoms with Gasteiger partial charge in [0.05, 0.1) is 26.7 Å². The van der Waals surface area contributed by atoms with Crippen LogP contribution in [-0.2, 0) is 9.59 Å². The topological polar surface area (TPSA) is 128 Å². The SMILES string of the molecule is CC(C)CC(C(=O)O)N1CN2C(=O)N3CN(C(CC(C)C)C(=O)O)CN4C(=O)N(C1)C2C34. The third kappa shape index (κ3) is 3.54. The molecular formula is C20H32N6O6. The van der Waals surface area contributed by atoms with E-state index in [2.05, 4.69) is 0 Å². The van der Waals surface area contributed by atoms with Crippen LogP contribution >= 0.6 is 0 Å². The summed E-state index contributed by atoms with van der Waals surface area (Å²) in [6.45, 7) is 8.22. The average Bonchev–Trinajstić information content (AvgIpc) is 3.15. The van der Waals surface area contributed by atoms with Crippen molar-refractivity contribution in [3.05, 3.63) is 0 Å². The Balaban J connectivity index is 1.61. The molecule has 12 nitrogen and oxygen atoms in total. The summed E-state index contributed by atoms with van der Waals surface area (Å²) in [4.78, 5) is 60.0. The van der Waals surface area contributed by atoms with E-state index in [1.54, 1.807) is 29.4 Å². The zero-order chi connectivity index (χ0) is 23.5. The van der Waals surface area contributed by atoms with Crippen molar-refractivity contribution in [2.75, 3.05) is 26.7 Å². The number of urea groups is 2. The molecule has 0 aromatic carbocycles. The van der Waals surface area contributed by atoms with Crippen molar-refractivity contribution in [1.82, 2.24) is 29.4 Å². The molecule has 0 aliphatic carbocycles. The Morgan fingerprint density at radius 3 is 1.22 bits per heavy atom. The molecule has 0 bridgehead atoms. The van der Waals surface area contributed by atoms with Crippen molar-refractivity contribution in [3.8, 4) is 0 Å². The number of carbonyl (C=O) groups excluding carboxylic acids is 2. The molecule has 2 N–H and O–H groups in total. The van der Waals surface area contributed by atoms with E-state index in [1.807, 2.05) is 27.7 Å². The molecule has 4 rings (SSSR count). The second-order valence-electron chi connectivity index (χ2n) is 9.98. The number of aliphatic carboxylic acids is 2. The molecule has 4 fully saturated rings. The van der Waals surface area contributed by atoms with Gasteiger partial charge in [-0.1, -0.05) is 27.7 Å². The van der Waals surface area contributed by atoms with Crippen LogP contribution in [0.3, 0.4) is 0 Å². The van der Waals surface area contributed by atoms with E-state index in [9.17, 15) is 29.4 Å². The van der Waals surface area contributed by atoms with E-state index in [4.69, 9.17) is 0 Å². The highest BCUT2D eigenvalue weighted by atomic mass is 16.4. The van der Waals surface area contributed by atoms with E-state index in [-0.39, 0.29) is 50.6 Å². The summed E-state index contributed by atoms with van der Waals surface area (Å²) in [5.41, 5.74) is 0. The van der Waals surface area contributed by atoms with Gasteiger partial charge in [-0.2, -0.15) is 0 Å². The third-order valence-electron chi connectivity index (χ3n) is 6.70. The van der Waals surface area contributed by atoms with Crippen molar-refractivity contribution in [1.29, 1.82) is 0 Å². The molecule has 12 heteroatoms. The molecule has 4 aliphatic heterocycles. The maximum absolute atomic E-state index is 13.3. The van der Waals surface area contributed by atoms with Crippen LogP contribution in [0, 0.1) is 11.8 Å². The van der Waals surface area contributed by atoms with E-state index >= 15 is 0 Å². The number of carboxylic acid groups (broad SMARTS) is 2. The lowest BCUT2D eigenvalue weighted by atomic mass is 10.0. The van der Waals surface area contributed by atoms with Gasteiger partial charge in [0.2, 0.25) is 0 Å². The maximum Gasteiger partial charge on any atom is 0.325 e. The third-order valence-corrected chi connectivity index (χ3v) is 6.70. The van der Waals surface area contributed by atoms with Crippen LogP contribution in [0.2, 0.25) is 0 Å². The van der Waals surface area contributed by atoms with Gasteiger partial charge in [-0.25, -0.2) is 9.59 Å². The molecule has 178 valence electrons. The van der Waals surface area contributed by atoms with Gasteiger partial charge in [-0.15, -0.1) is 0 Å². The molecule has 0 aromatic rings. The van der Waals surface area contributed by atoms with Crippen molar-refractivity contribution in [2.24, 2.45) is 11.8 Å². The zero-order valence-corrected chi connectivity index (χ0v) is 18.9. The lowest BCUT2D eigenvalue weighted by molar-refractivity contribution is -0.150. The summed E-state index contributed by atoms with van der Waals surface area (Å²) in [6.07, 6.45) is -0.167. The first-order valence-electron chi connectivity index (χ1n) is 11.1. The van der Waals surface area contributed by atoms with Gasteiger partial charge in [0.15, 0.2) is 12.3 Å². The lowest BCUT2D eigenvalue weighted by Gasteiger charge is -2.45. The van der Waals surface area contributed by atoms with Crippen molar-refractivity contribution in [2.45, 2.75) is 65.0 Å². The molecule has 0 saturated carbocycles. The Labute approximate surface area is 186 Å². The second kappa shape index (κ2) is 8.07. The average molecular weight is 453 g/mol. The predicted molar refractivity (Wildman–Crippen MR) is 111 cm³/mol. The fourth-order valence-electron chi connectivity index (χ4n) is 5.31. The maximum atomic E-state index is 13.3. The summed E-state index contributed by atoms with van der Waals surface area (Å²) in [5, 5.41) is 19.5. The number of nitrogens with zero attached hydrogens (tertiary/aromatic N) is 6. The fraction of sp³-hybridized carbons (Fsp3) is 0.800. The fourth-order valence-corrected chi connectivity index (χ4v) is 5.31. The minimum atomic E-state index is -0.975. The number of rotatable bonds is 8. The summed E-state index contributed by atoms with van der Waals surface area (Å²) in [7, 11) is 0. The van der Waals surface area contributed by atoms with E-state index in [1.165, 1.54) is 0 Å². The highest BCUT2D eigenvalue weighted by molar-refractivity contribution is 5.86. The predicted octanol–water partition coefficient (Wildman–Crippen LogP) is 0.574. The standard InChI is InChI=1S/C20H32N6O6/c1-11(2)5-13(17(27)28)21-7-23-15-16-25(19(23)31)9-22(14(18(29)30)6-12(3)4)10-26(16)20(32)24(15)8-21/h11-16H,5-10H2,1-4H3,(H,27,28)(H,29,30). The quantitative estimate of drug-likeness (QED) is 0.547. The molecule has 32 heavy (non-hydrogen) atoms. The van der Waals surface area contributed by atoms with Gasteiger partial charge in [0.25, 0.3) is 0 Å². The highest BCUT2D eigenvalue weighted by Crippen LogP contribution is 2.41. The second-order valence-corrected chi connectivity index (χ2v) is 9.98. The van der Waals surface area contributed by atoms with Crippen LogP contribution in [0.25, 0.3) is 0 Å². The molecule has 0 aromatic heterocycles. The van der Waals surface area contributed by atoms with Gasteiger partial charge >= 0.3 is 24.0 Å². The molecule has 0 radical (unpaired) electrons. The van der Waals surface area contributed by atoms with E-state index in [0.717, 1.165) is 0 Å². The van der Waals surface area contributed by atoms with Crippen LogP contribution in [0.4, 0.5) is 9.59 Å². The lowest BCUT2D eigenvalue weighted by Crippen LogP contribution is -2.64. The van der Waals surface area contributed by atoms with Crippen LogP contribution in [-0.4, -0.2) is 115 Å². The summed E-state index contributed by atoms with van der Waals surface area (Å²) < 4.78 is 0. The van der Waals surface area contributed by atoms with Crippen LogP contribution < -0.4 is 0 Å². The van der Waals surface area contributed by atoms with Crippen LogP contribution in [0.15, 0.2) is 0 Å². The van der Waals surface area contributed by atoms with Crippen molar-refractivity contribution >= 4 is 24.0 Å². The van der Waals surface area contributed by atoms with Crippen LogP contribution in [0.1, 0.15) is 40.5 Å². The van der Waals surface area contributed by atoms with Gasteiger partial charge in [-0.3, -0.25) is 39.0 Å². The Bertz CT molecular complexity index is 722. The van der Waals surface area contributed by atoms with Gasteiger partial charge in [0, 0.05) is 0 Å². The summed E-state index contributed by atoms with van der Waals surface area (Å²) in [5.74, 6) is -1.67. The molecule has 0 spiro atoms. The van der Waals surface area contributed by atoms with Gasteiger partial charge in [0.1, 0.15) is 12.1 Å². The molecule has 2 atom stereocenters. The molecular weight excluding hydrogens is 420 g/mol. The minimum Gasteiger partial charge on any atom is -0.480 e. The van der Waals surface area contributed by atoms with Crippen LogP contribution in [0.5, 0.6) is 0 Å². The van der Waals surface area contributed by atoms with E-state index in [0.29, 0.717) is 12.8 Å². The van der Waals surface area contributed by atoms with Gasteiger partial charge < -0.3 is 10.2 Å². The number of carboxylic acids is 2. The molecule has 4 saturated heterocycles. The Morgan fingerprint density at radius 2 is 1.00 bits per heavy atom. The summed E-state index contributed by atoms with van der Waals surface area (Å²) in [6, 6.07) is -2.22. The number of carbonyl (C=O) groups is 4. The monoisotopic (exact) mass is 452 g/mol.